The van der Waals surface area contributed by atoms with E-state index in [0.717, 1.165) is 0 Å². The fourth-order valence-electron chi connectivity index (χ4n) is 2.45. The minimum Gasteiger partial charge on any atom is -0.481 e. The van der Waals surface area contributed by atoms with Crippen molar-refractivity contribution in [2.45, 2.75) is 33.1 Å². The van der Waals surface area contributed by atoms with Crippen LogP contribution in [0.4, 0.5) is 0 Å². The normalized spacial score (nSPS) is 26.5. The number of carboxylic acids is 1. The topological polar surface area (TPSA) is 89.9 Å². The molecular weight excluding hydrogens is 252 g/mol. The lowest BCUT2D eigenvalue weighted by atomic mass is 9.74. The van der Waals surface area contributed by atoms with Crippen LogP contribution in [-0.2, 0) is 23.9 Å². The summed E-state index contributed by atoms with van der Waals surface area (Å²) < 4.78 is 9.79. The van der Waals surface area contributed by atoms with Crippen LogP contribution in [0.1, 0.15) is 33.1 Å². The van der Waals surface area contributed by atoms with E-state index in [9.17, 15) is 19.5 Å². The number of carboxylic acid groups (broad SMARTS) is 1. The molecule has 108 valence electrons. The number of rotatable bonds is 5. The van der Waals surface area contributed by atoms with Crippen molar-refractivity contribution in [2.75, 3.05) is 13.2 Å². The molecule has 1 saturated carbocycles. The summed E-state index contributed by atoms with van der Waals surface area (Å²) >= 11 is 0. The van der Waals surface area contributed by atoms with Crippen LogP contribution >= 0.6 is 0 Å². The quantitative estimate of drug-likeness (QED) is 0.757. The third-order valence-electron chi connectivity index (χ3n) is 3.38. The van der Waals surface area contributed by atoms with Crippen LogP contribution in [0.15, 0.2) is 0 Å². The highest BCUT2D eigenvalue weighted by atomic mass is 16.5. The Bertz CT molecular complexity index is 351. The van der Waals surface area contributed by atoms with Crippen molar-refractivity contribution in [1.82, 2.24) is 0 Å². The Morgan fingerprint density at radius 3 is 2.11 bits per heavy atom. The van der Waals surface area contributed by atoms with E-state index < -0.39 is 29.7 Å². The molecule has 3 atom stereocenters. The zero-order chi connectivity index (χ0) is 14.4. The van der Waals surface area contributed by atoms with Gasteiger partial charge in [0.1, 0.15) is 0 Å². The first-order chi connectivity index (χ1) is 9.01. The van der Waals surface area contributed by atoms with Crippen molar-refractivity contribution in [1.29, 1.82) is 0 Å². The monoisotopic (exact) mass is 272 g/mol. The molecule has 6 nitrogen and oxygen atoms in total. The zero-order valence-electron chi connectivity index (χ0n) is 11.3. The van der Waals surface area contributed by atoms with Crippen LogP contribution in [0.25, 0.3) is 0 Å². The van der Waals surface area contributed by atoms with Crippen LogP contribution in [0.5, 0.6) is 0 Å². The molecule has 0 aliphatic heterocycles. The van der Waals surface area contributed by atoms with Gasteiger partial charge in [0.2, 0.25) is 0 Å². The van der Waals surface area contributed by atoms with Gasteiger partial charge in [-0.1, -0.05) is 0 Å². The third kappa shape index (κ3) is 3.94. The Kier molecular flexibility index (Phi) is 5.79. The summed E-state index contributed by atoms with van der Waals surface area (Å²) in [5.74, 6) is -3.91. The molecule has 0 spiro atoms. The summed E-state index contributed by atoms with van der Waals surface area (Å²) in [6.07, 6.45) is 0.947. The number of esters is 2. The van der Waals surface area contributed by atoms with E-state index in [1.54, 1.807) is 13.8 Å². The van der Waals surface area contributed by atoms with Crippen molar-refractivity contribution >= 4 is 17.9 Å². The van der Waals surface area contributed by atoms with Gasteiger partial charge in [-0.25, -0.2) is 0 Å². The van der Waals surface area contributed by atoms with E-state index in [2.05, 4.69) is 0 Å². The van der Waals surface area contributed by atoms with Gasteiger partial charge in [-0.3, -0.25) is 14.4 Å². The van der Waals surface area contributed by atoms with Crippen molar-refractivity contribution in [2.24, 2.45) is 17.8 Å². The van der Waals surface area contributed by atoms with E-state index in [1.807, 2.05) is 0 Å². The molecule has 0 radical (unpaired) electrons. The van der Waals surface area contributed by atoms with Crippen LogP contribution in [0.3, 0.4) is 0 Å². The predicted octanol–water partition coefficient (Wildman–Crippen LogP) is 1.23. The molecule has 1 rings (SSSR count). The molecule has 0 amide bonds. The van der Waals surface area contributed by atoms with Gasteiger partial charge in [0.15, 0.2) is 0 Å². The molecule has 0 saturated heterocycles. The maximum atomic E-state index is 11.7. The highest BCUT2D eigenvalue weighted by Crippen LogP contribution is 2.35. The number of carbonyl (C=O) groups excluding carboxylic acids is 2. The lowest BCUT2D eigenvalue weighted by molar-refractivity contribution is -0.163. The van der Waals surface area contributed by atoms with Gasteiger partial charge in [0, 0.05) is 0 Å². The molecule has 1 N–H and O–H groups in total. The highest BCUT2D eigenvalue weighted by molar-refractivity contribution is 5.83. The first-order valence-corrected chi connectivity index (χ1v) is 6.57. The van der Waals surface area contributed by atoms with Gasteiger partial charge in [0.25, 0.3) is 0 Å². The maximum Gasteiger partial charge on any atom is 0.309 e. The Morgan fingerprint density at radius 1 is 1.00 bits per heavy atom. The zero-order valence-corrected chi connectivity index (χ0v) is 11.3. The summed E-state index contributed by atoms with van der Waals surface area (Å²) in [4.78, 5) is 34.6. The van der Waals surface area contributed by atoms with E-state index in [0.29, 0.717) is 12.8 Å². The summed E-state index contributed by atoms with van der Waals surface area (Å²) in [5.41, 5.74) is 0. The molecular formula is C13H20O6. The average Bonchev–Trinajstić information content (AvgIpc) is 2.38. The average molecular weight is 272 g/mol. The fourth-order valence-corrected chi connectivity index (χ4v) is 2.45. The fraction of sp³-hybridized carbons (Fsp3) is 0.769. The summed E-state index contributed by atoms with van der Waals surface area (Å²) in [7, 11) is 0. The number of carbonyl (C=O) groups is 3. The standard InChI is InChI=1S/C13H20O6/c1-3-18-12(16)8-5-6-9(13(17)19-4-2)10(7-8)11(14)15/h8-10H,3-7H2,1-2H3,(H,14,15). The van der Waals surface area contributed by atoms with Crippen LogP contribution in [0, 0.1) is 17.8 Å². The van der Waals surface area contributed by atoms with Crippen LogP contribution in [-0.4, -0.2) is 36.2 Å². The van der Waals surface area contributed by atoms with E-state index in [-0.39, 0.29) is 25.6 Å². The maximum absolute atomic E-state index is 11.7. The SMILES string of the molecule is CCOC(=O)C1CCC(C(=O)OCC)C(C(=O)O)C1. The van der Waals surface area contributed by atoms with Gasteiger partial charge < -0.3 is 14.6 Å². The smallest absolute Gasteiger partial charge is 0.309 e. The summed E-state index contributed by atoms with van der Waals surface area (Å²) in [5, 5.41) is 9.20. The minimum absolute atomic E-state index is 0.137. The molecule has 19 heavy (non-hydrogen) atoms. The first kappa shape index (κ1) is 15.5. The predicted molar refractivity (Wildman–Crippen MR) is 65.2 cm³/mol. The number of aliphatic carboxylic acids is 1. The lowest BCUT2D eigenvalue weighted by Crippen LogP contribution is -2.39. The Balaban J connectivity index is 2.72. The van der Waals surface area contributed by atoms with E-state index in [4.69, 9.17) is 9.47 Å². The van der Waals surface area contributed by atoms with E-state index >= 15 is 0 Å². The largest absolute Gasteiger partial charge is 0.481 e. The van der Waals surface area contributed by atoms with E-state index in [1.165, 1.54) is 0 Å². The lowest BCUT2D eigenvalue weighted by Gasteiger charge is -2.31. The van der Waals surface area contributed by atoms with Crippen molar-refractivity contribution in [3.05, 3.63) is 0 Å². The molecule has 0 aromatic carbocycles. The minimum atomic E-state index is -1.06. The van der Waals surface area contributed by atoms with Crippen molar-refractivity contribution < 1.29 is 29.0 Å². The first-order valence-electron chi connectivity index (χ1n) is 6.57. The Hall–Kier alpha value is -1.59. The number of ether oxygens (including phenoxy) is 2. The summed E-state index contributed by atoms with van der Waals surface area (Å²) in [6.45, 7) is 3.88. The molecule has 6 heteroatoms. The van der Waals surface area contributed by atoms with Gasteiger partial charge in [-0.05, 0) is 33.1 Å². The number of hydrogen-bond acceptors (Lipinski definition) is 5. The second kappa shape index (κ2) is 7.11. The second-order valence-electron chi connectivity index (χ2n) is 4.57. The molecule has 0 heterocycles. The molecule has 0 aromatic heterocycles. The molecule has 1 aliphatic carbocycles. The van der Waals surface area contributed by atoms with Gasteiger partial charge in [-0.2, -0.15) is 0 Å². The van der Waals surface area contributed by atoms with Crippen molar-refractivity contribution in [3.63, 3.8) is 0 Å². The Labute approximate surface area is 112 Å². The molecule has 3 unspecified atom stereocenters. The van der Waals surface area contributed by atoms with Gasteiger partial charge in [-0.15, -0.1) is 0 Å². The van der Waals surface area contributed by atoms with Crippen LogP contribution < -0.4 is 0 Å². The van der Waals surface area contributed by atoms with Crippen molar-refractivity contribution in [3.8, 4) is 0 Å². The van der Waals surface area contributed by atoms with Gasteiger partial charge in [0.05, 0.1) is 31.0 Å². The highest BCUT2D eigenvalue weighted by Gasteiger charge is 2.42. The van der Waals surface area contributed by atoms with Crippen LogP contribution in [0.2, 0.25) is 0 Å². The second-order valence-corrected chi connectivity index (χ2v) is 4.57. The molecule has 0 bridgehead atoms. The molecule has 1 fully saturated rings. The Morgan fingerprint density at radius 2 is 1.58 bits per heavy atom. The van der Waals surface area contributed by atoms with Gasteiger partial charge >= 0.3 is 17.9 Å². The third-order valence-corrected chi connectivity index (χ3v) is 3.38. The molecule has 0 aromatic rings. The molecule has 1 aliphatic rings. The number of hydrogen-bond donors (Lipinski definition) is 1. The summed E-state index contributed by atoms with van der Waals surface area (Å²) in [6, 6.07) is 0.